The monoisotopic (exact) mass is 1070 g/mol. The van der Waals surface area contributed by atoms with Gasteiger partial charge in [-0.05, 0) is 195 Å². The molecule has 0 unspecified atom stereocenters. The highest BCUT2D eigenvalue weighted by Gasteiger charge is 2.00. The van der Waals surface area contributed by atoms with Crippen molar-refractivity contribution in [1.82, 2.24) is 65.3 Å². The van der Waals surface area contributed by atoms with E-state index >= 15 is 0 Å². The van der Waals surface area contributed by atoms with Crippen LogP contribution in [0.15, 0.2) is 212 Å². The largest absolute Gasteiger partial charge is 0.361 e. The van der Waals surface area contributed by atoms with Crippen molar-refractivity contribution < 1.29 is 0 Å². The minimum absolute atomic E-state index is 0.144. The minimum atomic E-state index is -0.144. The van der Waals surface area contributed by atoms with Crippen LogP contribution in [0.25, 0.3) is 87.7 Å². The third kappa shape index (κ3) is 14.6. The van der Waals surface area contributed by atoms with Gasteiger partial charge in [-0.15, -0.1) is 0 Å². The fourth-order valence-electron chi connectivity index (χ4n) is 9.14. The van der Waals surface area contributed by atoms with E-state index in [1.165, 1.54) is 82.6 Å². The van der Waals surface area contributed by atoms with Crippen molar-refractivity contribution in [3.8, 4) is 0 Å². The van der Waals surface area contributed by atoms with Crippen molar-refractivity contribution >= 4 is 87.7 Å². The van der Waals surface area contributed by atoms with Gasteiger partial charge in [0.1, 0.15) is 11.0 Å². The highest BCUT2D eigenvalue weighted by atomic mass is 16.1. The van der Waals surface area contributed by atoms with Gasteiger partial charge in [-0.3, -0.25) is 0 Å². The van der Waals surface area contributed by atoms with E-state index < -0.39 is 0 Å². The Balaban J connectivity index is 0.000000112. The molecule has 8 aromatic carbocycles. The van der Waals surface area contributed by atoms with Crippen LogP contribution in [0.5, 0.6) is 0 Å². The highest BCUT2D eigenvalue weighted by Crippen LogP contribution is 2.18. The maximum atomic E-state index is 10.8. The quantitative estimate of drug-likeness (QED) is 0.0724. The van der Waals surface area contributed by atoms with E-state index in [0.717, 1.165) is 49.7 Å². The molecule has 14 heteroatoms. The normalized spacial score (nSPS) is 10.5. The van der Waals surface area contributed by atoms with Crippen molar-refractivity contribution in [2.45, 2.75) is 55.4 Å². The van der Waals surface area contributed by atoms with E-state index in [2.05, 4.69) is 222 Å². The highest BCUT2D eigenvalue weighted by molar-refractivity contribution is 5.84. The van der Waals surface area contributed by atoms with Crippen LogP contribution in [0, 0.1) is 55.4 Å². The molecule has 0 aliphatic heterocycles. The molecule has 8 heterocycles. The molecule has 0 fully saturated rings. The molecule has 14 nitrogen and oxygen atoms in total. The zero-order valence-corrected chi connectivity index (χ0v) is 46.8. The molecule has 0 spiro atoms. The van der Waals surface area contributed by atoms with Gasteiger partial charge >= 0.3 is 5.69 Å². The fourth-order valence-corrected chi connectivity index (χ4v) is 9.14. The van der Waals surface area contributed by atoms with E-state index in [1.54, 1.807) is 12.7 Å². The average Bonchev–Trinajstić information content (AvgIpc) is 4.36. The lowest BCUT2D eigenvalue weighted by Crippen LogP contribution is -1.99. The number of aromatic amines is 9. The minimum Gasteiger partial charge on any atom is -0.361 e. The van der Waals surface area contributed by atoms with Crippen LogP contribution in [0.3, 0.4) is 0 Å². The molecule has 16 rings (SSSR count). The lowest BCUT2D eigenvalue weighted by Gasteiger charge is -1.92. The Morgan fingerprint density at radius 3 is 1.65 bits per heavy atom. The molecule has 0 aliphatic carbocycles. The summed E-state index contributed by atoms with van der Waals surface area (Å²) in [4.78, 5) is 43.3. The Morgan fingerprint density at radius 1 is 0.333 bits per heavy atom. The molecule has 0 bridgehead atoms. The molecule has 8 aromatic heterocycles. The first kappa shape index (κ1) is 55.3. The topological polar surface area (TPSA) is 211 Å². The summed E-state index contributed by atoms with van der Waals surface area (Å²) in [5.74, 6) is 0. The number of rotatable bonds is 0. The predicted molar refractivity (Wildman–Crippen MR) is 336 cm³/mol. The third-order valence-corrected chi connectivity index (χ3v) is 13.5. The van der Waals surface area contributed by atoms with E-state index in [1.807, 2.05) is 93.2 Å². The Hall–Kier alpha value is -10.5. The number of imidazole rings is 3. The summed E-state index contributed by atoms with van der Waals surface area (Å²) in [5.41, 5.74) is 22.7. The maximum absolute atomic E-state index is 10.8. The summed E-state index contributed by atoms with van der Waals surface area (Å²) in [6, 6.07) is 57.7. The van der Waals surface area contributed by atoms with E-state index in [-0.39, 0.29) is 5.69 Å². The zero-order valence-electron chi connectivity index (χ0n) is 46.8. The molecule has 0 atom stereocenters. The molecular formula is C67H67N13O. The number of hydrogen-bond acceptors (Lipinski definition) is 5. The predicted octanol–water partition coefficient (Wildman–Crippen LogP) is 16.1. The first-order chi connectivity index (χ1) is 39.3. The van der Waals surface area contributed by atoms with Crippen molar-refractivity contribution in [1.29, 1.82) is 0 Å². The molecule has 0 saturated carbocycles. The van der Waals surface area contributed by atoms with Gasteiger partial charge < -0.3 is 39.9 Å². The van der Waals surface area contributed by atoms with Crippen LogP contribution >= 0.6 is 0 Å². The van der Waals surface area contributed by atoms with Gasteiger partial charge in [0.2, 0.25) is 0 Å². The molecule has 0 aliphatic rings. The SMILES string of the molecule is Cc1ccc2[nH]ccc2c1.Cc1ccc2cc[nH]c2c1.Cc1ccc2n[nH]nc2c1.Cc1ccc2nc[nH]c2c1.Cc1cccc2[nH]c(=O)[nH]c12.Cc1cccc2[nH]ccc12.Cc1cccc2[nH]cnc12.Cc1cccc2cc[nH]c12. The number of H-pyrrole nitrogens is 9. The number of nitrogens with zero attached hydrogens (tertiary/aromatic N) is 4. The zero-order chi connectivity index (χ0) is 56.7. The van der Waals surface area contributed by atoms with Crippen LogP contribution in [0.2, 0.25) is 0 Å². The van der Waals surface area contributed by atoms with Gasteiger partial charge in [-0.2, -0.15) is 15.4 Å². The van der Waals surface area contributed by atoms with Gasteiger partial charge in [0.15, 0.2) is 0 Å². The number of benzene rings is 8. The molecular weight excluding hydrogens is 1000 g/mol. The van der Waals surface area contributed by atoms with E-state index in [4.69, 9.17) is 0 Å². The van der Waals surface area contributed by atoms with Crippen molar-refractivity contribution in [2.24, 2.45) is 0 Å². The number of fused-ring (bicyclic) bond motifs is 8. The van der Waals surface area contributed by atoms with Crippen LogP contribution in [0.1, 0.15) is 44.5 Å². The second kappa shape index (κ2) is 26.3. The van der Waals surface area contributed by atoms with Gasteiger partial charge in [-0.25, -0.2) is 14.8 Å². The molecule has 0 amide bonds. The summed E-state index contributed by atoms with van der Waals surface area (Å²) in [6.45, 7) is 16.6. The summed E-state index contributed by atoms with van der Waals surface area (Å²) in [5, 5.41) is 15.6. The summed E-state index contributed by atoms with van der Waals surface area (Å²) < 4.78 is 0. The van der Waals surface area contributed by atoms with E-state index in [0.29, 0.717) is 0 Å². The van der Waals surface area contributed by atoms with Crippen LogP contribution in [0.4, 0.5) is 0 Å². The lowest BCUT2D eigenvalue weighted by molar-refractivity contribution is 0.959. The fraction of sp³-hybridized carbons (Fsp3) is 0.119. The number of para-hydroxylation sites is 3. The molecule has 81 heavy (non-hydrogen) atoms. The summed E-state index contributed by atoms with van der Waals surface area (Å²) in [6.07, 6.45) is 11.3. The van der Waals surface area contributed by atoms with Gasteiger partial charge in [0.25, 0.3) is 0 Å². The average molecular weight is 1070 g/mol. The first-order valence-electron chi connectivity index (χ1n) is 26.7. The van der Waals surface area contributed by atoms with Crippen molar-refractivity contribution in [2.75, 3.05) is 0 Å². The number of aromatic nitrogens is 13. The standard InChI is InChI=1S/4C9H9N.C8H8N2O.2C8H8N2.C7H7N3/c1-7-2-3-9-8(6-7)4-5-10-9;1-7-2-3-8-4-5-10-9(8)6-7;1-7-3-2-4-9-8(7)5-6-10-9;1-7-3-2-4-8-5-6-10-9(7)8;1-5-3-2-4-6-7(5)10-8(11)9-6;1-6-2-3-7-8(4-6)10-5-9-7;1-6-3-2-4-7-8(6)10-5-9-7;1-5-2-3-6-7(4-5)9-10-8-6/h4*2-6,10H,1H3;2-4H,1H3,(H2,9,10,11);2*2-5H,1H3,(H,9,10);2-4H,1H3,(H,8,9,10). The Bertz CT molecular complexity index is 4180. The number of nitrogens with one attached hydrogen (secondary N) is 9. The van der Waals surface area contributed by atoms with Crippen LogP contribution in [-0.2, 0) is 0 Å². The Morgan fingerprint density at radius 2 is 0.889 bits per heavy atom. The molecule has 0 radical (unpaired) electrons. The maximum Gasteiger partial charge on any atom is 0.323 e. The Labute approximate surface area is 468 Å². The number of aryl methyl sites for hydroxylation is 8. The smallest absolute Gasteiger partial charge is 0.323 e. The second-order valence-corrected chi connectivity index (χ2v) is 19.9. The third-order valence-electron chi connectivity index (χ3n) is 13.5. The molecule has 9 N–H and O–H groups in total. The lowest BCUT2D eigenvalue weighted by atomic mass is 10.1. The first-order valence-corrected chi connectivity index (χ1v) is 26.7. The van der Waals surface area contributed by atoms with Crippen LogP contribution < -0.4 is 5.69 Å². The second-order valence-electron chi connectivity index (χ2n) is 19.9. The molecule has 0 saturated heterocycles. The van der Waals surface area contributed by atoms with Crippen molar-refractivity contribution in [3.05, 3.63) is 262 Å². The van der Waals surface area contributed by atoms with Crippen molar-refractivity contribution in [3.63, 3.8) is 0 Å². The summed E-state index contributed by atoms with van der Waals surface area (Å²) >= 11 is 0. The Kier molecular flexibility index (Phi) is 17.9. The molecule has 16 aromatic rings. The summed E-state index contributed by atoms with van der Waals surface area (Å²) in [7, 11) is 0. The molecule has 406 valence electrons. The van der Waals surface area contributed by atoms with E-state index in [9.17, 15) is 4.79 Å². The van der Waals surface area contributed by atoms with Gasteiger partial charge in [0, 0.05) is 52.2 Å². The van der Waals surface area contributed by atoms with Gasteiger partial charge in [-0.1, -0.05) is 90.5 Å². The number of hydrogen-bond donors (Lipinski definition) is 9. The van der Waals surface area contributed by atoms with Crippen LogP contribution in [-0.4, -0.2) is 65.3 Å². The van der Waals surface area contributed by atoms with Gasteiger partial charge in [0.05, 0.1) is 45.8 Å².